The maximum absolute atomic E-state index is 5.73. The number of pyridine rings is 1. The lowest BCUT2D eigenvalue weighted by Gasteiger charge is -2.10. The number of nitrogens with zero attached hydrogens (tertiary/aromatic N) is 1. The van der Waals surface area contributed by atoms with Crippen molar-refractivity contribution in [3.05, 3.63) is 48.7 Å². The number of ether oxygens (including phenoxy) is 1. The number of benzene rings is 1. The zero-order chi connectivity index (χ0) is 13.5. The summed E-state index contributed by atoms with van der Waals surface area (Å²) in [5, 5.41) is 4.41. The number of fused-ring (bicyclic) bond motifs is 1. The van der Waals surface area contributed by atoms with Gasteiger partial charge in [0.05, 0.1) is 11.2 Å². The highest BCUT2D eigenvalue weighted by Gasteiger charge is 2.06. The molecule has 3 nitrogen and oxygen atoms in total. The molecule has 0 aliphatic carbocycles. The molecule has 100 valence electrons. The molecule has 0 saturated carbocycles. The molecule has 0 saturated heterocycles. The Morgan fingerprint density at radius 1 is 1.37 bits per heavy atom. The lowest BCUT2D eigenvalue weighted by molar-refractivity contribution is 0.366. The molecule has 2 aromatic rings. The minimum atomic E-state index is 0.510. The number of hydrogen-bond donors (Lipinski definition) is 1. The zero-order valence-corrected chi connectivity index (χ0v) is 11.4. The van der Waals surface area contributed by atoms with E-state index in [2.05, 4.69) is 23.8 Å². The van der Waals surface area contributed by atoms with Gasteiger partial charge in [-0.05, 0) is 25.1 Å². The third-order valence-electron chi connectivity index (χ3n) is 2.82. The lowest BCUT2D eigenvalue weighted by atomic mass is 10.2. The molecule has 0 atom stereocenters. The van der Waals surface area contributed by atoms with E-state index >= 15 is 0 Å². The molecular formula is C16H20N2O. The third kappa shape index (κ3) is 3.55. The first-order valence-electron chi connectivity index (χ1n) is 6.68. The van der Waals surface area contributed by atoms with Crippen LogP contribution in [0.1, 0.15) is 19.0 Å². The van der Waals surface area contributed by atoms with Crippen LogP contribution in [0.4, 0.5) is 0 Å². The van der Waals surface area contributed by atoms with Gasteiger partial charge in [-0.3, -0.25) is 4.98 Å². The van der Waals surface area contributed by atoms with E-state index in [9.17, 15) is 0 Å². The number of hydrogen-bond acceptors (Lipinski definition) is 3. The van der Waals surface area contributed by atoms with Crippen LogP contribution in [0.25, 0.3) is 10.9 Å². The normalized spacial score (nSPS) is 10.6. The fraction of sp³-hybridized carbons (Fsp3) is 0.312. The second-order valence-corrected chi connectivity index (χ2v) is 4.41. The summed E-state index contributed by atoms with van der Waals surface area (Å²) in [4.78, 5) is 4.65. The van der Waals surface area contributed by atoms with E-state index < -0.39 is 0 Å². The summed E-state index contributed by atoms with van der Waals surface area (Å²) < 4.78 is 5.73. The molecule has 1 heterocycles. The molecule has 0 radical (unpaired) electrons. The van der Waals surface area contributed by atoms with Crippen molar-refractivity contribution in [1.29, 1.82) is 0 Å². The van der Waals surface area contributed by atoms with Crippen LogP contribution in [-0.2, 0) is 6.54 Å². The van der Waals surface area contributed by atoms with Crippen LogP contribution in [0.15, 0.2) is 43.0 Å². The summed E-state index contributed by atoms with van der Waals surface area (Å²) in [7, 11) is 0. The molecule has 19 heavy (non-hydrogen) atoms. The van der Waals surface area contributed by atoms with Crippen LogP contribution in [0.5, 0.6) is 5.75 Å². The van der Waals surface area contributed by atoms with Crippen LogP contribution in [0, 0.1) is 0 Å². The van der Waals surface area contributed by atoms with Gasteiger partial charge in [-0.2, -0.15) is 0 Å². The van der Waals surface area contributed by atoms with Gasteiger partial charge >= 0.3 is 0 Å². The Bertz CT molecular complexity index is 551. The Balaban J connectivity index is 2.29. The van der Waals surface area contributed by atoms with E-state index in [1.165, 1.54) is 0 Å². The molecule has 0 spiro atoms. The van der Waals surface area contributed by atoms with Gasteiger partial charge in [-0.1, -0.05) is 31.7 Å². The van der Waals surface area contributed by atoms with Crippen molar-refractivity contribution >= 4 is 10.9 Å². The summed E-state index contributed by atoms with van der Waals surface area (Å²) in [6.45, 7) is 8.11. The fourth-order valence-corrected chi connectivity index (χ4v) is 1.95. The van der Waals surface area contributed by atoms with E-state index in [-0.39, 0.29) is 0 Å². The van der Waals surface area contributed by atoms with E-state index in [1.807, 2.05) is 30.3 Å². The van der Waals surface area contributed by atoms with Crippen molar-refractivity contribution in [3.8, 4) is 5.75 Å². The van der Waals surface area contributed by atoms with Gasteiger partial charge in [0.2, 0.25) is 0 Å². The number of aromatic nitrogens is 1. The molecule has 0 aliphatic heterocycles. The van der Waals surface area contributed by atoms with Crippen LogP contribution in [0.2, 0.25) is 0 Å². The summed E-state index contributed by atoms with van der Waals surface area (Å²) in [6.07, 6.45) is 2.87. The fourth-order valence-electron chi connectivity index (χ4n) is 1.95. The lowest BCUT2D eigenvalue weighted by Crippen LogP contribution is -2.15. The van der Waals surface area contributed by atoms with Crippen molar-refractivity contribution < 1.29 is 4.74 Å². The Morgan fingerprint density at radius 3 is 3.00 bits per heavy atom. The smallest absolute Gasteiger partial charge is 0.131 e. The van der Waals surface area contributed by atoms with E-state index in [0.717, 1.165) is 41.9 Å². The second-order valence-electron chi connectivity index (χ2n) is 4.41. The van der Waals surface area contributed by atoms with Gasteiger partial charge in [0.15, 0.2) is 0 Å². The summed E-state index contributed by atoms with van der Waals surface area (Å²) in [5.41, 5.74) is 1.98. The first kappa shape index (κ1) is 13.6. The molecule has 1 aromatic carbocycles. The van der Waals surface area contributed by atoms with E-state index in [0.29, 0.717) is 6.61 Å². The van der Waals surface area contributed by atoms with Crippen molar-refractivity contribution in [1.82, 2.24) is 10.3 Å². The quantitative estimate of drug-likeness (QED) is 0.609. The van der Waals surface area contributed by atoms with Crippen molar-refractivity contribution in [2.24, 2.45) is 0 Å². The molecule has 0 bridgehead atoms. The van der Waals surface area contributed by atoms with Gasteiger partial charge < -0.3 is 10.1 Å². The van der Waals surface area contributed by atoms with E-state index in [1.54, 1.807) is 6.08 Å². The Kier molecular flexibility index (Phi) is 4.93. The Hall–Kier alpha value is -1.87. The van der Waals surface area contributed by atoms with Gasteiger partial charge in [-0.15, -0.1) is 0 Å². The van der Waals surface area contributed by atoms with Crippen LogP contribution < -0.4 is 10.1 Å². The monoisotopic (exact) mass is 256 g/mol. The number of rotatable bonds is 7. The average molecular weight is 256 g/mol. The maximum atomic E-state index is 5.73. The highest BCUT2D eigenvalue weighted by atomic mass is 16.5. The second kappa shape index (κ2) is 6.90. The van der Waals surface area contributed by atoms with Crippen LogP contribution in [0.3, 0.4) is 0 Å². The van der Waals surface area contributed by atoms with Gasteiger partial charge in [0.25, 0.3) is 0 Å². The molecule has 1 aromatic heterocycles. The standard InChI is InChI=1S/C16H20N2O/c1-3-9-17-12-13-11-16(19-10-4-2)14-7-5-6-8-15(14)18-13/h4-8,11,17H,2-3,9-10,12H2,1H3. The highest BCUT2D eigenvalue weighted by molar-refractivity contribution is 5.85. The molecule has 3 heteroatoms. The Morgan fingerprint density at radius 2 is 2.21 bits per heavy atom. The molecular weight excluding hydrogens is 236 g/mol. The van der Waals surface area contributed by atoms with Crippen molar-refractivity contribution in [3.63, 3.8) is 0 Å². The predicted octanol–water partition coefficient (Wildman–Crippen LogP) is 3.30. The summed E-state index contributed by atoms with van der Waals surface area (Å²) >= 11 is 0. The third-order valence-corrected chi connectivity index (χ3v) is 2.82. The molecule has 1 N–H and O–H groups in total. The molecule has 0 fully saturated rings. The topological polar surface area (TPSA) is 34.1 Å². The average Bonchev–Trinajstić information content (AvgIpc) is 2.45. The highest BCUT2D eigenvalue weighted by Crippen LogP contribution is 2.25. The van der Waals surface area contributed by atoms with Gasteiger partial charge in [-0.25, -0.2) is 0 Å². The maximum Gasteiger partial charge on any atom is 0.131 e. The molecule has 0 amide bonds. The van der Waals surface area contributed by atoms with E-state index in [4.69, 9.17) is 4.74 Å². The first-order chi connectivity index (χ1) is 9.35. The molecule has 0 unspecified atom stereocenters. The zero-order valence-electron chi connectivity index (χ0n) is 11.4. The summed E-state index contributed by atoms with van der Waals surface area (Å²) in [5.74, 6) is 0.874. The first-order valence-corrected chi connectivity index (χ1v) is 6.68. The molecule has 0 aliphatic rings. The molecule has 2 rings (SSSR count). The minimum Gasteiger partial charge on any atom is -0.489 e. The number of nitrogens with one attached hydrogen (secondary N) is 1. The SMILES string of the molecule is C=CCOc1cc(CNCCC)nc2ccccc12. The van der Waals surface area contributed by atoms with Crippen LogP contribution >= 0.6 is 0 Å². The number of para-hydroxylation sites is 1. The van der Waals surface area contributed by atoms with Gasteiger partial charge in [0, 0.05) is 18.0 Å². The van der Waals surface area contributed by atoms with Crippen LogP contribution in [-0.4, -0.2) is 18.1 Å². The van der Waals surface area contributed by atoms with Crippen molar-refractivity contribution in [2.75, 3.05) is 13.2 Å². The summed E-state index contributed by atoms with van der Waals surface area (Å²) in [6, 6.07) is 10.0. The minimum absolute atomic E-state index is 0.510. The largest absolute Gasteiger partial charge is 0.489 e. The predicted molar refractivity (Wildman–Crippen MR) is 79.4 cm³/mol. The van der Waals surface area contributed by atoms with Gasteiger partial charge in [0.1, 0.15) is 12.4 Å². The van der Waals surface area contributed by atoms with Crippen molar-refractivity contribution in [2.45, 2.75) is 19.9 Å². The Labute approximate surface area is 114 Å².